The summed E-state index contributed by atoms with van der Waals surface area (Å²) >= 11 is 0. The Hall–Kier alpha value is -0.820. The van der Waals surface area contributed by atoms with Crippen LogP contribution in [0.3, 0.4) is 0 Å². The van der Waals surface area contributed by atoms with Gasteiger partial charge in [-0.15, -0.1) is 0 Å². The molecule has 7 heteroatoms. The fourth-order valence-electron chi connectivity index (χ4n) is 3.23. The van der Waals surface area contributed by atoms with E-state index >= 15 is 0 Å². The Kier molecular flexibility index (Phi) is 9.21. The molecule has 6 nitrogen and oxygen atoms in total. The number of likely N-dealkylation sites (tertiary alicyclic amines) is 1. The molecule has 0 radical (unpaired) electrons. The molecule has 0 aromatic carbocycles. The van der Waals surface area contributed by atoms with Crippen LogP contribution in [0.25, 0.3) is 0 Å². The van der Waals surface area contributed by atoms with Crippen LogP contribution < -0.4 is 10.6 Å². The van der Waals surface area contributed by atoms with Crippen LogP contribution in [0.15, 0.2) is 4.99 Å². The summed E-state index contributed by atoms with van der Waals surface area (Å²) in [5.41, 5.74) is -0.0964. The Labute approximate surface area is 154 Å². The van der Waals surface area contributed by atoms with Crippen LogP contribution in [0.4, 0.5) is 0 Å². The summed E-state index contributed by atoms with van der Waals surface area (Å²) in [6.45, 7) is 10.2. The molecule has 1 atom stereocenters. The quantitative estimate of drug-likeness (QED) is 0.476. The molecule has 0 aliphatic carbocycles. The zero-order valence-electron chi connectivity index (χ0n) is 16.8. The van der Waals surface area contributed by atoms with Gasteiger partial charge in [-0.25, -0.2) is 8.42 Å². The summed E-state index contributed by atoms with van der Waals surface area (Å²) in [4.78, 5) is 6.86. The highest BCUT2D eigenvalue weighted by Gasteiger charge is 2.22. The first-order valence-corrected chi connectivity index (χ1v) is 11.6. The normalized spacial score (nSPS) is 20.5. The first-order chi connectivity index (χ1) is 11.7. The highest BCUT2D eigenvalue weighted by molar-refractivity contribution is 7.90. The molecule has 148 valence electrons. The number of hydrogen-bond acceptors (Lipinski definition) is 4. The highest BCUT2D eigenvalue weighted by Crippen LogP contribution is 2.20. The molecule has 0 bridgehead atoms. The van der Waals surface area contributed by atoms with Crippen LogP contribution in [0.1, 0.15) is 52.9 Å². The molecule has 1 heterocycles. The van der Waals surface area contributed by atoms with Gasteiger partial charge < -0.3 is 10.6 Å². The minimum absolute atomic E-state index is 0.0964. The fraction of sp³-hybridized carbons (Fsp3) is 0.944. The van der Waals surface area contributed by atoms with Crippen molar-refractivity contribution in [1.82, 2.24) is 15.5 Å². The number of rotatable bonds is 9. The summed E-state index contributed by atoms with van der Waals surface area (Å²) in [5, 5.41) is 6.72. The van der Waals surface area contributed by atoms with Gasteiger partial charge in [-0.2, -0.15) is 0 Å². The van der Waals surface area contributed by atoms with Crippen LogP contribution in [-0.4, -0.2) is 70.6 Å². The minimum atomic E-state index is -2.92. The molecule has 0 amide bonds. The van der Waals surface area contributed by atoms with Gasteiger partial charge in [0.25, 0.3) is 0 Å². The molecule has 0 aromatic heterocycles. The SMILES string of the molecule is CCC1CCCCN1CCNC(=NC)NCC(C)(C)CCS(C)(=O)=O. The number of aliphatic imine (C=N–C) groups is 1. The van der Waals surface area contributed by atoms with E-state index in [1.54, 1.807) is 7.05 Å². The van der Waals surface area contributed by atoms with Gasteiger partial charge in [0.2, 0.25) is 0 Å². The third kappa shape index (κ3) is 9.45. The topological polar surface area (TPSA) is 73.8 Å². The van der Waals surface area contributed by atoms with E-state index in [0.717, 1.165) is 25.1 Å². The van der Waals surface area contributed by atoms with Gasteiger partial charge in [-0.1, -0.05) is 27.2 Å². The van der Waals surface area contributed by atoms with Gasteiger partial charge in [0, 0.05) is 39.0 Å². The van der Waals surface area contributed by atoms with Gasteiger partial charge in [-0.05, 0) is 37.6 Å². The lowest BCUT2D eigenvalue weighted by Crippen LogP contribution is -2.47. The number of piperidine rings is 1. The summed E-state index contributed by atoms with van der Waals surface area (Å²) in [5.74, 6) is 1.01. The molecule has 0 aromatic rings. The van der Waals surface area contributed by atoms with Crippen molar-refractivity contribution in [2.75, 3.05) is 45.2 Å². The van der Waals surface area contributed by atoms with E-state index in [2.05, 4.69) is 41.3 Å². The minimum Gasteiger partial charge on any atom is -0.356 e. The molecule has 1 aliphatic heterocycles. The van der Waals surface area contributed by atoms with E-state index in [1.807, 2.05) is 0 Å². The maximum absolute atomic E-state index is 11.4. The van der Waals surface area contributed by atoms with Crippen molar-refractivity contribution < 1.29 is 8.42 Å². The molecular formula is C18H38N4O2S. The van der Waals surface area contributed by atoms with E-state index in [9.17, 15) is 8.42 Å². The zero-order valence-corrected chi connectivity index (χ0v) is 17.6. The standard InChI is InChI=1S/C18H38N4O2S/c1-6-16-9-7-8-12-22(16)13-11-20-17(19-4)21-15-18(2,3)10-14-25(5,23)24/h16H,6-15H2,1-5H3,(H2,19,20,21). The molecule has 1 fully saturated rings. The molecular weight excluding hydrogens is 336 g/mol. The number of guanidine groups is 1. The second kappa shape index (κ2) is 10.4. The van der Waals surface area contributed by atoms with Gasteiger partial charge >= 0.3 is 0 Å². The second-order valence-corrected chi connectivity index (χ2v) is 10.3. The Morgan fingerprint density at radius 3 is 2.60 bits per heavy atom. The molecule has 25 heavy (non-hydrogen) atoms. The van der Waals surface area contributed by atoms with E-state index < -0.39 is 9.84 Å². The van der Waals surface area contributed by atoms with Crippen molar-refractivity contribution in [3.05, 3.63) is 0 Å². The zero-order chi connectivity index (χ0) is 18.9. The number of sulfone groups is 1. The van der Waals surface area contributed by atoms with E-state index in [1.165, 1.54) is 38.5 Å². The van der Waals surface area contributed by atoms with Gasteiger partial charge in [0.05, 0.1) is 5.75 Å². The van der Waals surface area contributed by atoms with Crippen molar-refractivity contribution in [1.29, 1.82) is 0 Å². The number of hydrogen-bond donors (Lipinski definition) is 2. The largest absolute Gasteiger partial charge is 0.356 e. The van der Waals surface area contributed by atoms with Crippen molar-refractivity contribution in [3.63, 3.8) is 0 Å². The fourth-order valence-corrected chi connectivity index (χ4v) is 4.15. The Balaban J connectivity index is 2.34. The molecule has 1 saturated heterocycles. The van der Waals surface area contributed by atoms with E-state index in [4.69, 9.17) is 0 Å². The van der Waals surface area contributed by atoms with E-state index in [0.29, 0.717) is 13.0 Å². The van der Waals surface area contributed by atoms with Crippen LogP contribution >= 0.6 is 0 Å². The molecule has 2 N–H and O–H groups in total. The highest BCUT2D eigenvalue weighted by atomic mass is 32.2. The van der Waals surface area contributed by atoms with Gasteiger partial charge in [-0.3, -0.25) is 9.89 Å². The maximum atomic E-state index is 11.4. The lowest BCUT2D eigenvalue weighted by Gasteiger charge is -2.35. The summed E-state index contributed by atoms with van der Waals surface area (Å²) in [6, 6.07) is 0.723. The second-order valence-electron chi connectivity index (χ2n) is 7.99. The number of nitrogens with one attached hydrogen (secondary N) is 2. The molecule has 1 rings (SSSR count). The summed E-state index contributed by atoms with van der Waals surface area (Å²) < 4.78 is 22.7. The monoisotopic (exact) mass is 374 g/mol. The molecule has 0 spiro atoms. The van der Waals surface area contributed by atoms with Crippen LogP contribution in [0, 0.1) is 5.41 Å². The average Bonchev–Trinajstić information content (AvgIpc) is 2.56. The van der Waals surface area contributed by atoms with Crippen molar-refractivity contribution in [2.45, 2.75) is 58.9 Å². The predicted octanol–water partition coefficient (Wildman–Crippen LogP) is 1.88. The summed E-state index contributed by atoms with van der Waals surface area (Å²) in [6.07, 6.45) is 7.13. The third-order valence-corrected chi connectivity index (χ3v) is 5.97. The Morgan fingerprint density at radius 1 is 1.28 bits per heavy atom. The summed E-state index contributed by atoms with van der Waals surface area (Å²) in [7, 11) is -1.14. The van der Waals surface area contributed by atoms with Crippen molar-refractivity contribution >= 4 is 15.8 Å². The predicted molar refractivity (Wildman–Crippen MR) is 107 cm³/mol. The maximum Gasteiger partial charge on any atom is 0.191 e. The van der Waals surface area contributed by atoms with E-state index in [-0.39, 0.29) is 11.2 Å². The van der Waals surface area contributed by atoms with Crippen LogP contribution in [0.2, 0.25) is 0 Å². The molecule has 1 unspecified atom stereocenters. The molecule has 0 saturated carbocycles. The third-order valence-electron chi connectivity index (χ3n) is 5.02. The average molecular weight is 375 g/mol. The van der Waals surface area contributed by atoms with Crippen LogP contribution in [-0.2, 0) is 9.84 Å². The van der Waals surface area contributed by atoms with Crippen molar-refractivity contribution in [3.8, 4) is 0 Å². The van der Waals surface area contributed by atoms with Gasteiger partial charge in [0.15, 0.2) is 5.96 Å². The Morgan fingerprint density at radius 2 is 2.00 bits per heavy atom. The first-order valence-electron chi connectivity index (χ1n) is 9.53. The lowest BCUT2D eigenvalue weighted by atomic mass is 9.90. The lowest BCUT2D eigenvalue weighted by molar-refractivity contribution is 0.147. The molecule has 1 aliphatic rings. The number of nitrogens with zero attached hydrogens (tertiary/aromatic N) is 2. The van der Waals surface area contributed by atoms with Crippen molar-refractivity contribution in [2.24, 2.45) is 10.4 Å². The van der Waals surface area contributed by atoms with Gasteiger partial charge in [0.1, 0.15) is 9.84 Å². The van der Waals surface area contributed by atoms with Crippen LogP contribution in [0.5, 0.6) is 0 Å². The smallest absolute Gasteiger partial charge is 0.191 e. The Bertz CT molecular complexity index is 517. The first kappa shape index (κ1) is 22.2.